The summed E-state index contributed by atoms with van der Waals surface area (Å²) in [5, 5.41) is 19.0. The number of carbonyl (C=O) groups is 1. The maximum Gasteiger partial charge on any atom is 0.224 e. The van der Waals surface area contributed by atoms with E-state index in [0.717, 1.165) is 65.9 Å². The van der Waals surface area contributed by atoms with Crippen molar-refractivity contribution in [2.75, 3.05) is 37.6 Å². The number of H-pyrrole nitrogens is 2. The second-order valence-electron chi connectivity index (χ2n) is 9.45. The van der Waals surface area contributed by atoms with Crippen molar-refractivity contribution in [3.63, 3.8) is 0 Å². The molecule has 2 aliphatic heterocycles. The lowest BCUT2D eigenvalue weighted by Crippen LogP contribution is -2.50. The molecule has 1 atom stereocenters. The minimum absolute atomic E-state index is 0. The first-order valence-corrected chi connectivity index (χ1v) is 12.6. The summed E-state index contributed by atoms with van der Waals surface area (Å²) in [5.74, 6) is 0.254. The number of amides is 1. The summed E-state index contributed by atoms with van der Waals surface area (Å²) in [7, 11) is 0. The van der Waals surface area contributed by atoms with E-state index in [0.29, 0.717) is 31.2 Å². The van der Waals surface area contributed by atoms with Crippen LogP contribution in [-0.4, -0.2) is 75.0 Å². The quantitative estimate of drug-likeness (QED) is 0.359. The molecule has 1 amide bonds. The van der Waals surface area contributed by atoms with Crippen LogP contribution in [0.5, 0.6) is 0 Å². The van der Waals surface area contributed by atoms with Gasteiger partial charge in [0.15, 0.2) is 5.65 Å². The average molecular weight is 519 g/mol. The highest BCUT2D eigenvalue weighted by molar-refractivity contribution is 6.03. The summed E-state index contributed by atoms with van der Waals surface area (Å²) in [4.78, 5) is 22.0. The van der Waals surface area contributed by atoms with E-state index in [1.54, 1.807) is 6.20 Å². The van der Waals surface area contributed by atoms with Gasteiger partial charge in [-0.2, -0.15) is 10.2 Å². The van der Waals surface area contributed by atoms with Crippen LogP contribution in [0.2, 0.25) is 0 Å². The highest BCUT2D eigenvalue weighted by Crippen LogP contribution is 2.38. The van der Waals surface area contributed by atoms with Crippen molar-refractivity contribution in [2.24, 2.45) is 0 Å². The topological polar surface area (TPSA) is 106 Å². The Morgan fingerprint density at radius 3 is 2.65 bits per heavy atom. The van der Waals surface area contributed by atoms with Gasteiger partial charge in [0.1, 0.15) is 0 Å². The number of aromatic nitrogens is 5. The average Bonchev–Trinajstić information content (AvgIpc) is 3.70. The number of hydrogen-bond donors (Lipinski definition) is 3. The van der Waals surface area contributed by atoms with Crippen LogP contribution in [-0.2, 0) is 4.79 Å². The van der Waals surface area contributed by atoms with Gasteiger partial charge in [0.2, 0.25) is 5.91 Å². The van der Waals surface area contributed by atoms with Crippen LogP contribution in [0, 0.1) is 0 Å². The van der Waals surface area contributed by atoms with Gasteiger partial charge in [-0.05, 0) is 37.1 Å². The van der Waals surface area contributed by atoms with Gasteiger partial charge >= 0.3 is 0 Å². The van der Waals surface area contributed by atoms with E-state index in [-0.39, 0.29) is 18.3 Å². The zero-order valence-electron chi connectivity index (χ0n) is 20.6. The SMILES string of the molecule is Cl.O=C(CC1CCCN1)N1CCN(c2c(-c3ccccc3)cnc3n[nH]c(C=Cc4cn[nH]c4)c23)CC1. The summed E-state index contributed by atoms with van der Waals surface area (Å²) >= 11 is 0. The molecule has 192 valence electrons. The van der Waals surface area contributed by atoms with E-state index >= 15 is 0 Å². The number of anilines is 1. The van der Waals surface area contributed by atoms with Gasteiger partial charge < -0.3 is 15.1 Å². The number of halogens is 1. The maximum atomic E-state index is 12.9. The molecule has 2 aliphatic rings. The number of piperazine rings is 1. The molecule has 10 heteroatoms. The lowest BCUT2D eigenvalue weighted by molar-refractivity contribution is -0.131. The second kappa shape index (κ2) is 11.1. The van der Waals surface area contributed by atoms with Gasteiger partial charge in [-0.15, -0.1) is 12.4 Å². The number of carbonyl (C=O) groups excluding carboxylic acids is 1. The first-order chi connectivity index (χ1) is 17.8. The monoisotopic (exact) mass is 518 g/mol. The molecule has 9 nitrogen and oxygen atoms in total. The number of rotatable bonds is 6. The smallest absolute Gasteiger partial charge is 0.224 e. The van der Waals surface area contributed by atoms with E-state index in [4.69, 9.17) is 0 Å². The van der Waals surface area contributed by atoms with Gasteiger partial charge in [-0.3, -0.25) is 15.0 Å². The predicted octanol–water partition coefficient (Wildman–Crippen LogP) is 3.73. The summed E-state index contributed by atoms with van der Waals surface area (Å²) in [6, 6.07) is 10.7. The molecule has 4 aromatic rings. The summed E-state index contributed by atoms with van der Waals surface area (Å²) < 4.78 is 0. The van der Waals surface area contributed by atoms with Crippen LogP contribution in [0.4, 0.5) is 5.69 Å². The molecule has 0 aliphatic carbocycles. The van der Waals surface area contributed by atoms with Crippen molar-refractivity contribution in [2.45, 2.75) is 25.3 Å². The van der Waals surface area contributed by atoms with Crippen molar-refractivity contribution in [1.82, 2.24) is 35.6 Å². The molecule has 2 saturated heterocycles. The minimum atomic E-state index is 0. The zero-order valence-corrected chi connectivity index (χ0v) is 21.4. The van der Waals surface area contributed by atoms with Crippen molar-refractivity contribution in [3.05, 3.63) is 60.2 Å². The van der Waals surface area contributed by atoms with Gasteiger partial charge in [0.05, 0.1) is 23.0 Å². The van der Waals surface area contributed by atoms with Crippen LogP contribution in [0.25, 0.3) is 34.3 Å². The number of aromatic amines is 2. The largest absolute Gasteiger partial charge is 0.367 e. The number of fused-ring (bicyclic) bond motifs is 1. The normalized spacial score (nSPS) is 18.0. The Morgan fingerprint density at radius 1 is 1.08 bits per heavy atom. The second-order valence-corrected chi connectivity index (χ2v) is 9.45. The fourth-order valence-electron chi connectivity index (χ4n) is 5.25. The fourth-order valence-corrected chi connectivity index (χ4v) is 5.25. The predicted molar refractivity (Wildman–Crippen MR) is 149 cm³/mol. The Kier molecular flexibility index (Phi) is 7.52. The fraction of sp³-hybridized carbons (Fsp3) is 0.333. The van der Waals surface area contributed by atoms with E-state index < -0.39 is 0 Å². The molecule has 0 radical (unpaired) electrons. The summed E-state index contributed by atoms with van der Waals surface area (Å²) in [6.07, 6.45) is 12.4. The van der Waals surface area contributed by atoms with Crippen LogP contribution in [0.15, 0.2) is 48.9 Å². The number of nitrogens with one attached hydrogen (secondary N) is 3. The molecule has 0 saturated carbocycles. The first kappa shape index (κ1) is 25.0. The molecule has 6 rings (SSSR count). The van der Waals surface area contributed by atoms with Gasteiger partial charge in [-0.25, -0.2) is 4.98 Å². The Bertz CT molecular complexity index is 1350. The van der Waals surface area contributed by atoms with Gasteiger partial charge in [0, 0.05) is 62.2 Å². The minimum Gasteiger partial charge on any atom is -0.367 e. The molecule has 0 spiro atoms. The van der Waals surface area contributed by atoms with Gasteiger partial charge in [-0.1, -0.05) is 30.3 Å². The first-order valence-electron chi connectivity index (χ1n) is 12.6. The van der Waals surface area contributed by atoms with Crippen molar-refractivity contribution >= 4 is 47.2 Å². The molecule has 0 bridgehead atoms. The Morgan fingerprint density at radius 2 is 1.92 bits per heavy atom. The molecule has 2 fully saturated rings. The van der Waals surface area contributed by atoms with E-state index in [1.807, 2.05) is 47.6 Å². The molecule has 37 heavy (non-hydrogen) atoms. The van der Waals surface area contributed by atoms with Gasteiger partial charge in [0.25, 0.3) is 0 Å². The molecule has 5 heterocycles. The highest BCUT2D eigenvalue weighted by atomic mass is 35.5. The van der Waals surface area contributed by atoms with Crippen molar-refractivity contribution < 1.29 is 4.79 Å². The van der Waals surface area contributed by atoms with Crippen LogP contribution < -0.4 is 10.2 Å². The van der Waals surface area contributed by atoms with E-state index in [2.05, 4.69) is 47.7 Å². The molecule has 3 aromatic heterocycles. The standard InChI is InChI=1S/C27H30N8O.ClH/c36-24(15-21-7-4-10-28-21)34-11-13-35(14-12-34)26-22(20-5-2-1-3-6-20)18-29-27-25(26)23(32-33-27)9-8-19-16-30-31-17-19;/h1-3,5-6,8-9,16-18,21,28H,4,7,10-15H2,(H,30,31)(H,29,32,33);1H. The number of pyridine rings is 1. The molecular formula is C27H31ClN8O. The third-order valence-electron chi connectivity index (χ3n) is 7.16. The molecular weight excluding hydrogens is 488 g/mol. The third-order valence-corrected chi connectivity index (χ3v) is 7.16. The highest BCUT2D eigenvalue weighted by Gasteiger charge is 2.28. The van der Waals surface area contributed by atoms with E-state index in [1.165, 1.54) is 0 Å². The van der Waals surface area contributed by atoms with Crippen molar-refractivity contribution in [3.8, 4) is 11.1 Å². The summed E-state index contributed by atoms with van der Waals surface area (Å²) in [6.45, 7) is 3.97. The Balaban J connectivity index is 0.00000280. The van der Waals surface area contributed by atoms with Crippen LogP contribution >= 0.6 is 12.4 Å². The third kappa shape index (κ3) is 5.23. The number of nitrogens with zero attached hydrogens (tertiary/aromatic N) is 5. The molecule has 1 aromatic carbocycles. The van der Waals surface area contributed by atoms with Crippen LogP contribution in [0.3, 0.4) is 0 Å². The lowest BCUT2D eigenvalue weighted by atomic mass is 10.0. The Hall–Kier alpha value is -3.69. The maximum absolute atomic E-state index is 12.9. The zero-order chi connectivity index (χ0) is 24.3. The number of hydrogen-bond acceptors (Lipinski definition) is 6. The molecule has 1 unspecified atom stereocenters. The summed E-state index contributed by atoms with van der Waals surface area (Å²) in [5.41, 5.74) is 5.85. The molecule has 3 N–H and O–H groups in total. The van der Waals surface area contributed by atoms with Crippen LogP contribution in [0.1, 0.15) is 30.5 Å². The lowest BCUT2D eigenvalue weighted by Gasteiger charge is -2.37. The van der Waals surface area contributed by atoms with Crippen molar-refractivity contribution in [1.29, 1.82) is 0 Å². The number of benzene rings is 1. The van der Waals surface area contributed by atoms with E-state index in [9.17, 15) is 4.79 Å². The Labute approximate surface area is 221 Å².